The first-order valence-corrected chi connectivity index (χ1v) is 7.76. The summed E-state index contributed by atoms with van der Waals surface area (Å²) in [5.41, 5.74) is 0.730. The number of anilines is 2. The fourth-order valence-electron chi connectivity index (χ4n) is 1.72. The van der Waals surface area contributed by atoms with E-state index < -0.39 is 11.7 Å². The summed E-state index contributed by atoms with van der Waals surface area (Å²) in [4.78, 5) is 16.3. The van der Waals surface area contributed by atoms with Gasteiger partial charge in [-0.3, -0.25) is 4.79 Å². The van der Waals surface area contributed by atoms with Gasteiger partial charge in [-0.2, -0.15) is 0 Å². The van der Waals surface area contributed by atoms with Crippen molar-refractivity contribution in [2.75, 3.05) is 17.2 Å². The Kier molecular flexibility index (Phi) is 5.30. The Labute approximate surface area is 138 Å². The molecule has 110 valence electrons. The molecule has 0 fully saturated rings. The van der Waals surface area contributed by atoms with Gasteiger partial charge in [0.15, 0.2) is 0 Å². The van der Waals surface area contributed by atoms with E-state index in [9.17, 15) is 9.18 Å². The third-order valence-corrected chi connectivity index (χ3v) is 3.97. The maximum atomic E-state index is 13.4. The van der Waals surface area contributed by atoms with Gasteiger partial charge in [-0.1, -0.05) is 6.07 Å². The van der Waals surface area contributed by atoms with Gasteiger partial charge >= 0.3 is 0 Å². The highest BCUT2D eigenvalue weighted by atomic mass is 79.9. The fraction of sp³-hybridized carbons (Fsp3) is 0.143. The molecule has 0 aliphatic carbocycles. The van der Waals surface area contributed by atoms with Crippen LogP contribution < -0.4 is 10.6 Å². The number of nitrogens with one attached hydrogen (secondary N) is 2. The molecule has 0 atom stereocenters. The summed E-state index contributed by atoms with van der Waals surface area (Å²) < 4.78 is 14.8. The second-order valence-corrected chi connectivity index (χ2v) is 5.84. The molecule has 0 spiro atoms. The molecule has 0 aliphatic heterocycles. The van der Waals surface area contributed by atoms with Crippen LogP contribution in [0.4, 0.5) is 15.9 Å². The lowest BCUT2D eigenvalue weighted by atomic mass is 10.2. The van der Waals surface area contributed by atoms with Crippen LogP contribution in [0, 0.1) is 5.82 Å². The number of amides is 1. The first-order valence-electron chi connectivity index (χ1n) is 6.17. The van der Waals surface area contributed by atoms with E-state index >= 15 is 0 Å². The van der Waals surface area contributed by atoms with Crippen LogP contribution in [0.15, 0.2) is 39.4 Å². The van der Waals surface area contributed by atoms with Gasteiger partial charge in [0.05, 0.1) is 17.4 Å². The molecule has 0 aliphatic rings. The van der Waals surface area contributed by atoms with E-state index in [1.165, 1.54) is 0 Å². The van der Waals surface area contributed by atoms with Crippen molar-refractivity contribution in [2.24, 2.45) is 0 Å². The van der Waals surface area contributed by atoms with E-state index in [2.05, 4.69) is 47.5 Å². The molecule has 1 heterocycles. The minimum Gasteiger partial charge on any atom is -0.370 e. The molecule has 0 radical (unpaired) electrons. The number of pyridine rings is 1. The van der Waals surface area contributed by atoms with Crippen molar-refractivity contribution in [3.05, 3.63) is 50.8 Å². The number of benzene rings is 1. The van der Waals surface area contributed by atoms with Crippen molar-refractivity contribution >= 4 is 49.3 Å². The standard InChI is InChI=1S/C14H12Br2FN3O/c1-2-18-13-9(6-8(17)7-19-13)14(21)20-12-10(15)4-3-5-11(12)16/h3-7H,2H2,1H3,(H,18,19)(H,20,21). The topological polar surface area (TPSA) is 54.0 Å². The fourth-order valence-corrected chi connectivity index (χ4v) is 2.92. The SMILES string of the molecule is CCNc1ncc(F)cc1C(=O)Nc1c(Br)cccc1Br. The van der Waals surface area contributed by atoms with Crippen molar-refractivity contribution in [1.82, 2.24) is 4.98 Å². The Morgan fingerprint density at radius 2 is 2.00 bits per heavy atom. The third-order valence-electron chi connectivity index (χ3n) is 2.64. The summed E-state index contributed by atoms with van der Waals surface area (Å²) in [6, 6.07) is 6.59. The molecule has 0 saturated heterocycles. The molecule has 4 nitrogen and oxygen atoms in total. The van der Waals surface area contributed by atoms with Gasteiger partial charge in [0.2, 0.25) is 0 Å². The Bertz CT molecular complexity index is 659. The predicted octanol–water partition coefficient (Wildman–Crippen LogP) is 4.43. The number of carbonyl (C=O) groups is 1. The van der Waals surface area contributed by atoms with Crippen molar-refractivity contribution in [3.63, 3.8) is 0 Å². The highest BCUT2D eigenvalue weighted by Crippen LogP contribution is 2.31. The van der Waals surface area contributed by atoms with Crippen LogP contribution in [-0.2, 0) is 0 Å². The number of hydrogen-bond donors (Lipinski definition) is 2. The van der Waals surface area contributed by atoms with E-state index in [0.717, 1.165) is 21.2 Å². The van der Waals surface area contributed by atoms with Crippen molar-refractivity contribution in [2.45, 2.75) is 6.92 Å². The smallest absolute Gasteiger partial charge is 0.259 e. The van der Waals surface area contributed by atoms with Crippen LogP contribution in [0.5, 0.6) is 0 Å². The second-order valence-electron chi connectivity index (χ2n) is 4.13. The highest BCUT2D eigenvalue weighted by Gasteiger charge is 2.16. The number of rotatable bonds is 4. The van der Waals surface area contributed by atoms with E-state index in [-0.39, 0.29) is 5.56 Å². The zero-order valence-electron chi connectivity index (χ0n) is 11.1. The van der Waals surface area contributed by atoms with E-state index in [4.69, 9.17) is 0 Å². The van der Waals surface area contributed by atoms with E-state index in [1.54, 1.807) is 12.1 Å². The van der Waals surface area contributed by atoms with Gasteiger partial charge in [-0.25, -0.2) is 9.37 Å². The Morgan fingerprint density at radius 3 is 2.62 bits per heavy atom. The molecule has 7 heteroatoms. The van der Waals surface area contributed by atoms with Gasteiger partial charge in [0.1, 0.15) is 11.6 Å². The second kappa shape index (κ2) is 7.00. The molecule has 1 aromatic heterocycles. The lowest BCUT2D eigenvalue weighted by molar-refractivity contribution is 0.102. The van der Waals surface area contributed by atoms with Crippen molar-refractivity contribution in [3.8, 4) is 0 Å². The molecule has 0 saturated carbocycles. The summed E-state index contributed by atoms with van der Waals surface area (Å²) in [6.07, 6.45) is 1.07. The molecular formula is C14H12Br2FN3O. The number of nitrogens with zero attached hydrogens (tertiary/aromatic N) is 1. The number of hydrogen-bond acceptors (Lipinski definition) is 3. The quantitative estimate of drug-likeness (QED) is 0.775. The third kappa shape index (κ3) is 3.79. The monoisotopic (exact) mass is 415 g/mol. The Balaban J connectivity index is 2.34. The summed E-state index contributed by atoms with van der Waals surface area (Å²) >= 11 is 6.72. The molecule has 1 aromatic carbocycles. The normalized spacial score (nSPS) is 10.3. The van der Waals surface area contributed by atoms with Crippen LogP contribution in [0.25, 0.3) is 0 Å². The largest absolute Gasteiger partial charge is 0.370 e. The molecular weight excluding hydrogens is 405 g/mol. The van der Waals surface area contributed by atoms with Crippen LogP contribution in [-0.4, -0.2) is 17.4 Å². The van der Waals surface area contributed by atoms with Crippen LogP contribution >= 0.6 is 31.9 Å². The Morgan fingerprint density at radius 1 is 1.33 bits per heavy atom. The van der Waals surface area contributed by atoms with Crippen molar-refractivity contribution < 1.29 is 9.18 Å². The highest BCUT2D eigenvalue weighted by molar-refractivity contribution is 9.11. The van der Waals surface area contributed by atoms with Gasteiger partial charge in [-0.15, -0.1) is 0 Å². The molecule has 1 amide bonds. The van der Waals surface area contributed by atoms with Crippen LogP contribution in [0.1, 0.15) is 17.3 Å². The summed E-state index contributed by atoms with van der Waals surface area (Å²) in [5, 5.41) is 5.68. The number of para-hydroxylation sites is 1. The van der Waals surface area contributed by atoms with Gasteiger partial charge in [0, 0.05) is 15.5 Å². The molecule has 2 aromatic rings. The minimum atomic E-state index is -0.562. The molecule has 2 rings (SSSR count). The summed E-state index contributed by atoms with van der Waals surface area (Å²) in [5.74, 6) is -0.655. The van der Waals surface area contributed by atoms with Crippen LogP contribution in [0.3, 0.4) is 0 Å². The number of halogens is 3. The zero-order valence-corrected chi connectivity index (χ0v) is 14.3. The Hall–Kier alpha value is -1.47. The van der Waals surface area contributed by atoms with E-state index in [1.807, 2.05) is 13.0 Å². The lowest BCUT2D eigenvalue weighted by Crippen LogP contribution is -2.16. The minimum absolute atomic E-state index is 0.152. The molecule has 21 heavy (non-hydrogen) atoms. The zero-order chi connectivity index (χ0) is 15.4. The summed E-state index contributed by atoms with van der Waals surface area (Å²) in [7, 11) is 0. The molecule has 0 bridgehead atoms. The maximum absolute atomic E-state index is 13.4. The average Bonchev–Trinajstić information content (AvgIpc) is 2.45. The number of aromatic nitrogens is 1. The van der Waals surface area contributed by atoms with E-state index in [0.29, 0.717) is 18.1 Å². The van der Waals surface area contributed by atoms with Gasteiger partial charge in [0.25, 0.3) is 5.91 Å². The average molecular weight is 417 g/mol. The first-order chi connectivity index (χ1) is 10.0. The number of carbonyl (C=O) groups excluding carboxylic acids is 1. The first kappa shape index (κ1) is 15.9. The van der Waals surface area contributed by atoms with Gasteiger partial charge in [-0.05, 0) is 57.0 Å². The lowest BCUT2D eigenvalue weighted by Gasteiger charge is -2.12. The molecule has 0 unspecified atom stereocenters. The predicted molar refractivity (Wildman–Crippen MR) is 88.2 cm³/mol. The van der Waals surface area contributed by atoms with Crippen LogP contribution in [0.2, 0.25) is 0 Å². The maximum Gasteiger partial charge on any atom is 0.259 e. The summed E-state index contributed by atoms with van der Waals surface area (Å²) in [6.45, 7) is 2.45. The van der Waals surface area contributed by atoms with Gasteiger partial charge < -0.3 is 10.6 Å². The van der Waals surface area contributed by atoms with Crippen molar-refractivity contribution in [1.29, 1.82) is 0 Å². The molecule has 2 N–H and O–H groups in total.